The molecule has 0 heterocycles. The SMILES string of the molecule is CC(C)(C)OCC(C#N)(NC1CC1)c1ccccc1. The van der Waals surface area contributed by atoms with Gasteiger partial charge in [-0.05, 0) is 39.2 Å². The first-order chi connectivity index (χ1) is 8.95. The standard InChI is InChI=1S/C16H22N2O/c1-15(2,3)19-12-16(11-17,18-14-9-10-14)13-7-5-4-6-8-13/h4-8,14,18H,9-10,12H2,1-3H3. The van der Waals surface area contributed by atoms with Gasteiger partial charge in [0.1, 0.15) is 0 Å². The highest BCUT2D eigenvalue weighted by atomic mass is 16.5. The number of rotatable bonds is 5. The van der Waals surface area contributed by atoms with E-state index >= 15 is 0 Å². The summed E-state index contributed by atoms with van der Waals surface area (Å²) in [5.41, 5.74) is -0.00804. The number of hydrogen-bond acceptors (Lipinski definition) is 3. The lowest BCUT2D eigenvalue weighted by Crippen LogP contribution is -2.48. The van der Waals surface area contributed by atoms with Gasteiger partial charge in [-0.2, -0.15) is 5.26 Å². The summed E-state index contributed by atoms with van der Waals surface area (Å²) in [6.07, 6.45) is 2.29. The Morgan fingerprint density at radius 2 is 1.89 bits per heavy atom. The third kappa shape index (κ3) is 3.79. The second-order valence-corrected chi connectivity index (χ2v) is 6.20. The molecule has 1 aromatic carbocycles. The Morgan fingerprint density at radius 1 is 1.26 bits per heavy atom. The van der Waals surface area contributed by atoms with Crippen molar-refractivity contribution in [1.29, 1.82) is 5.26 Å². The van der Waals surface area contributed by atoms with Crippen LogP contribution in [0.5, 0.6) is 0 Å². The van der Waals surface area contributed by atoms with Crippen LogP contribution in [0.15, 0.2) is 30.3 Å². The van der Waals surface area contributed by atoms with E-state index in [4.69, 9.17) is 4.74 Å². The molecule has 19 heavy (non-hydrogen) atoms. The molecule has 1 aliphatic carbocycles. The number of hydrogen-bond donors (Lipinski definition) is 1. The smallest absolute Gasteiger partial charge is 0.156 e. The van der Waals surface area contributed by atoms with Crippen molar-refractivity contribution in [2.24, 2.45) is 0 Å². The summed E-state index contributed by atoms with van der Waals surface area (Å²) in [7, 11) is 0. The number of benzene rings is 1. The molecule has 0 spiro atoms. The van der Waals surface area contributed by atoms with Crippen molar-refractivity contribution in [2.75, 3.05) is 6.61 Å². The van der Waals surface area contributed by atoms with Gasteiger partial charge < -0.3 is 4.74 Å². The summed E-state index contributed by atoms with van der Waals surface area (Å²) in [5, 5.41) is 13.2. The highest BCUT2D eigenvalue weighted by Crippen LogP contribution is 2.29. The van der Waals surface area contributed by atoms with Gasteiger partial charge in [-0.3, -0.25) is 5.32 Å². The number of nitrogens with zero attached hydrogens (tertiary/aromatic N) is 1. The number of nitriles is 1. The van der Waals surface area contributed by atoms with Crippen molar-refractivity contribution in [3.63, 3.8) is 0 Å². The lowest BCUT2D eigenvalue weighted by Gasteiger charge is -2.32. The third-order valence-corrected chi connectivity index (χ3v) is 3.21. The zero-order chi connectivity index (χ0) is 13.9. The van der Waals surface area contributed by atoms with E-state index in [1.807, 2.05) is 51.1 Å². The Bertz CT molecular complexity index is 454. The Balaban J connectivity index is 2.23. The van der Waals surface area contributed by atoms with E-state index in [9.17, 15) is 5.26 Å². The summed E-state index contributed by atoms with van der Waals surface area (Å²) < 4.78 is 5.88. The molecule has 1 unspecified atom stereocenters. The molecule has 1 fully saturated rings. The third-order valence-electron chi connectivity index (χ3n) is 3.21. The molecular weight excluding hydrogens is 236 g/mol. The molecule has 2 rings (SSSR count). The fraction of sp³-hybridized carbons (Fsp3) is 0.562. The van der Waals surface area contributed by atoms with Crippen molar-refractivity contribution in [3.05, 3.63) is 35.9 Å². The van der Waals surface area contributed by atoms with E-state index in [0.29, 0.717) is 12.6 Å². The second-order valence-electron chi connectivity index (χ2n) is 6.20. The predicted molar refractivity (Wildman–Crippen MR) is 75.6 cm³/mol. The Hall–Kier alpha value is -1.37. The van der Waals surface area contributed by atoms with Crippen LogP contribution in [-0.4, -0.2) is 18.2 Å². The van der Waals surface area contributed by atoms with Crippen LogP contribution in [-0.2, 0) is 10.3 Å². The van der Waals surface area contributed by atoms with Crippen LogP contribution in [0.2, 0.25) is 0 Å². The number of nitrogens with one attached hydrogen (secondary N) is 1. The maximum Gasteiger partial charge on any atom is 0.156 e. The fourth-order valence-corrected chi connectivity index (χ4v) is 1.96. The lowest BCUT2D eigenvalue weighted by molar-refractivity contribution is -0.0276. The Labute approximate surface area is 115 Å². The van der Waals surface area contributed by atoms with Gasteiger partial charge in [0.2, 0.25) is 0 Å². The van der Waals surface area contributed by atoms with Gasteiger partial charge in [-0.1, -0.05) is 30.3 Å². The summed E-state index contributed by atoms with van der Waals surface area (Å²) in [4.78, 5) is 0. The molecule has 0 radical (unpaired) electrons. The zero-order valence-corrected chi connectivity index (χ0v) is 11.9. The predicted octanol–water partition coefficient (Wildman–Crippen LogP) is 2.97. The van der Waals surface area contributed by atoms with Gasteiger partial charge in [-0.25, -0.2) is 0 Å². The minimum absolute atomic E-state index is 0.248. The molecule has 1 saturated carbocycles. The molecule has 0 bridgehead atoms. The molecule has 3 heteroatoms. The van der Waals surface area contributed by atoms with Gasteiger partial charge in [0.15, 0.2) is 5.54 Å². The fourth-order valence-electron chi connectivity index (χ4n) is 1.96. The maximum absolute atomic E-state index is 9.71. The number of ether oxygens (including phenoxy) is 1. The topological polar surface area (TPSA) is 45.0 Å². The maximum atomic E-state index is 9.71. The molecule has 102 valence electrons. The molecular formula is C16H22N2O. The minimum atomic E-state index is -0.740. The second kappa shape index (κ2) is 5.32. The molecule has 1 atom stereocenters. The summed E-state index contributed by atoms with van der Waals surface area (Å²) in [6.45, 7) is 6.40. The summed E-state index contributed by atoms with van der Waals surface area (Å²) in [6, 6.07) is 12.8. The van der Waals surface area contributed by atoms with Gasteiger partial charge in [0.25, 0.3) is 0 Å². The Morgan fingerprint density at radius 3 is 2.37 bits per heavy atom. The summed E-state index contributed by atoms with van der Waals surface area (Å²) in [5.74, 6) is 0. The van der Waals surface area contributed by atoms with Gasteiger partial charge in [0.05, 0.1) is 18.3 Å². The van der Waals surface area contributed by atoms with Gasteiger partial charge in [-0.15, -0.1) is 0 Å². The lowest BCUT2D eigenvalue weighted by atomic mass is 9.91. The zero-order valence-electron chi connectivity index (χ0n) is 11.9. The van der Waals surface area contributed by atoms with Crippen LogP contribution in [0.3, 0.4) is 0 Å². The van der Waals surface area contributed by atoms with Gasteiger partial charge in [0, 0.05) is 6.04 Å². The largest absolute Gasteiger partial charge is 0.372 e. The van der Waals surface area contributed by atoms with Crippen molar-refractivity contribution in [1.82, 2.24) is 5.32 Å². The molecule has 0 amide bonds. The minimum Gasteiger partial charge on any atom is -0.372 e. The van der Waals surface area contributed by atoms with Crippen molar-refractivity contribution in [2.45, 2.75) is 50.8 Å². The van der Waals surface area contributed by atoms with E-state index in [1.54, 1.807) is 0 Å². The average Bonchev–Trinajstić information content (AvgIpc) is 3.18. The van der Waals surface area contributed by atoms with Crippen LogP contribution in [0.1, 0.15) is 39.2 Å². The van der Waals surface area contributed by atoms with E-state index in [0.717, 1.165) is 18.4 Å². The molecule has 1 aliphatic rings. The first-order valence-corrected chi connectivity index (χ1v) is 6.84. The molecule has 0 saturated heterocycles. The van der Waals surface area contributed by atoms with Crippen LogP contribution < -0.4 is 5.32 Å². The summed E-state index contributed by atoms with van der Waals surface area (Å²) >= 11 is 0. The molecule has 0 aliphatic heterocycles. The van der Waals surface area contributed by atoms with Crippen LogP contribution in [0.4, 0.5) is 0 Å². The highest BCUT2D eigenvalue weighted by molar-refractivity contribution is 5.32. The molecule has 3 nitrogen and oxygen atoms in total. The first-order valence-electron chi connectivity index (χ1n) is 6.84. The van der Waals surface area contributed by atoms with Crippen molar-refractivity contribution < 1.29 is 4.74 Å². The molecule has 1 aromatic rings. The van der Waals surface area contributed by atoms with E-state index in [2.05, 4.69) is 11.4 Å². The average molecular weight is 258 g/mol. The molecule has 0 aromatic heterocycles. The van der Waals surface area contributed by atoms with Gasteiger partial charge >= 0.3 is 0 Å². The first kappa shape index (κ1) is 14.0. The quantitative estimate of drug-likeness (QED) is 0.883. The van der Waals surface area contributed by atoms with E-state index in [-0.39, 0.29) is 5.60 Å². The highest BCUT2D eigenvalue weighted by Gasteiger charge is 2.39. The van der Waals surface area contributed by atoms with E-state index < -0.39 is 5.54 Å². The van der Waals surface area contributed by atoms with Crippen molar-refractivity contribution >= 4 is 0 Å². The Kier molecular flexibility index (Phi) is 3.93. The molecule has 1 N–H and O–H groups in total. The van der Waals surface area contributed by atoms with E-state index in [1.165, 1.54) is 0 Å². The van der Waals surface area contributed by atoms with Crippen LogP contribution in [0, 0.1) is 11.3 Å². The normalized spacial score (nSPS) is 18.6. The van der Waals surface area contributed by atoms with Crippen molar-refractivity contribution in [3.8, 4) is 6.07 Å². The monoisotopic (exact) mass is 258 g/mol. The van der Waals surface area contributed by atoms with Crippen LogP contribution >= 0.6 is 0 Å². The van der Waals surface area contributed by atoms with Crippen LogP contribution in [0.25, 0.3) is 0 Å².